The van der Waals surface area contributed by atoms with Gasteiger partial charge in [0.15, 0.2) is 0 Å². The quantitative estimate of drug-likeness (QED) is 0.100. The van der Waals surface area contributed by atoms with Crippen molar-refractivity contribution in [2.24, 2.45) is 0 Å². The predicted molar refractivity (Wildman–Crippen MR) is 187 cm³/mol. The molecule has 0 aliphatic heterocycles. The lowest BCUT2D eigenvalue weighted by atomic mass is 10.3. The molecule has 0 spiro atoms. The van der Waals surface area contributed by atoms with Crippen LogP contribution in [0.1, 0.15) is 20.8 Å². The zero-order chi connectivity index (χ0) is 29.9. The number of hydrogen-bond acceptors (Lipinski definition) is 4. The summed E-state index contributed by atoms with van der Waals surface area (Å²) in [7, 11) is -4.96. The van der Waals surface area contributed by atoms with Gasteiger partial charge in [-0.1, -0.05) is 133 Å². The smallest absolute Gasteiger partial charge is 0.370 e. The van der Waals surface area contributed by atoms with Crippen LogP contribution in [0.5, 0.6) is 0 Å². The van der Waals surface area contributed by atoms with E-state index in [0.717, 1.165) is 10.9 Å². The molecule has 0 saturated carbocycles. The molecule has 0 bridgehead atoms. The van der Waals surface area contributed by atoms with E-state index in [1.54, 1.807) is 0 Å². The van der Waals surface area contributed by atoms with Crippen molar-refractivity contribution in [3.8, 4) is 0 Å². The van der Waals surface area contributed by atoms with Crippen molar-refractivity contribution in [2.75, 3.05) is 24.3 Å². The van der Waals surface area contributed by atoms with E-state index in [0.29, 0.717) is 19.8 Å². The topological polar surface area (TPSA) is 30.9 Å². The second kappa shape index (κ2) is 15.5. The minimum absolute atomic E-state index is 0.529. The molecule has 5 aromatic rings. The summed E-state index contributed by atoms with van der Waals surface area (Å²) < 4.78 is 21.4. The van der Waals surface area contributed by atoms with Gasteiger partial charge in [-0.25, -0.2) is 0 Å². The van der Waals surface area contributed by atoms with Gasteiger partial charge in [0, 0.05) is 51.9 Å². The number of rotatable bonds is 14. The first-order chi connectivity index (χ1) is 21.2. The SMILES string of the molecule is CCO[Si](OCC)(OCC)c1ccc(N(P(c2ccccc2)c2ccccc2)P(c2ccccc2)c2ccccc2)cc1. The van der Waals surface area contributed by atoms with Crippen LogP contribution in [0.3, 0.4) is 0 Å². The normalized spacial score (nSPS) is 11.7. The van der Waals surface area contributed by atoms with E-state index in [9.17, 15) is 0 Å². The van der Waals surface area contributed by atoms with Crippen LogP contribution in [0.25, 0.3) is 0 Å². The van der Waals surface area contributed by atoms with Crippen molar-refractivity contribution in [1.29, 1.82) is 0 Å². The summed E-state index contributed by atoms with van der Waals surface area (Å²) in [5.74, 6) is 0. The highest BCUT2D eigenvalue weighted by atomic mass is 31.2. The summed E-state index contributed by atoms with van der Waals surface area (Å²) in [6.45, 7) is 7.57. The molecule has 0 fully saturated rings. The molecule has 5 aromatic carbocycles. The molecule has 0 atom stereocenters. The summed E-state index contributed by atoms with van der Waals surface area (Å²) in [6.07, 6.45) is 0. The lowest BCUT2D eigenvalue weighted by molar-refractivity contribution is 0.0859. The summed E-state index contributed by atoms with van der Waals surface area (Å²) >= 11 is 0. The fourth-order valence-electron chi connectivity index (χ4n) is 5.08. The van der Waals surface area contributed by atoms with Gasteiger partial charge in [-0.15, -0.1) is 0 Å². The van der Waals surface area contributed by atoms with Crippen molar-refractivity contribution < 1.29 is 13.3 Å². The monoisotopic (exact) mass is 623 g/mol. The number of hydrogen-bond donors (Lipinski definition) is 0. The van der Waals surface area contributed by atoms with E-state index in [2.05, 4.69) is 150 Å². The number of anilines is 1. The van der Waals surface area contributed by atoms with Crippen LogP contribution in [0.2, 0.25) is 0 Å². The largest absolute Gasteiger partial charge is 0.537 e. The Balaban J connectivity index is 1.74. The third-order valence-electron chi connectivity index (χ3n) is 6.84. The Morgan fingerprint density at radius 3 is 1.02 bits per heavy atom. The van der Waals surface area contributed by atoms with E-state index in [1.807, 2.05) is 20.8 Å². The van der Waals surface area contributed by atoms with Gasteiger partial charge in [-0.05, 0) is 32.9 Å². The Hall–Kier alpha value is -3.14. The molecule has 0 saturated heterocycles. The summed E-state index contributed by atoms with van der Waals surface area (Å²) in [5.41, 5.74) is 1.15. The van der Waals surface area contributed by atoms with Crippen molar-refractivity contribution in [1.82, 2.24) is 0 Å². The molecule has 5 rings (SSSR count). The Morgan fingerprint density at radius 1 is 0.442 bits per heavy atom. The molecule has 0 aromatic heterocycles. The fraction of sp³-hybridized carbons (Fsp3) is 0.167. The molecule has 0 N–H and O–H groups in total. The zero-order valence-electron chi connectivity index (χ0n) is 25.0. The molecule has 4 nitrogen and oxygen atoms in total. The molecule has 0 amide bonds. The molecule has 0 unspecified atom stereocenters. The van der Waals surface area contributed by atoms with Crippen LogP contribution in [0, 0.1) is 0 Å². The Morgan fingerprint density at radius 2 is 0.744 bits per heavy atom. The van der Waals surface area contributed by atoms with E-state index >= 15 is 0 Å². The van der Waals surface area contributed by atoms with Crippen LogP contribution in [-0.4, -0.2) is 28.6 Å². The first kappa shape index (κ1) is 31.3. The second-order valence-corrected chi connectivity index (χ2v) is 16.6. The van der Waals surface area contributed by atoms with E-state index in [-0.39, 0.29) is 0 Å². The maximum Gasteiger partial charge on any atom is 0.537 e. The maximum atomic E-state index is 6.26. The van der Waals surface area contributed by atoms with Crippen molar-refractivity contribution in [3.63, 3.8) is 0 Å². The number of benzene rings is 5. The Labute approximate surface area is 260 Å². The zero-order valence-corrected chi connectivity index (χ0v) is 27.8. The molecule has 0 aliphatic rings. The molecule has 0 radical (unpaired) electrons. The minimum Gasteiger partial charge on any atom is -0.370 e. The van der Waals surface area contributed by atoms with Gasteiger partial charge < -0.3 is 17.7 Å². The Bertz CT molecular complexity index is 1330. The van der Waals surface area contributed by atoms with Crippen molar-refractivity contribution in [3.05, 3.63) is 146 Å². The average molecular weight is 624 g/mol. The molecule has 7 heteroatoms. The highest BCUT2D eigenvalue weighted by Crippen LogP contribution is 2.56. The highest BCUT2D eigenvalue weighted by molar-refractivity contribution is 7.90. The van der Waals surface area contributed by atoms with Gasteiger partial charge in [0.05, 0.1) is 16.1 Å². The van der Waals surface area contributed by atoms with Gasteiger partial charge >= 0.3 is 8.80 Å². The average Bonchev–Trinajstić information content (AvgIpc) is 3.07. The Kier molecular flexibility index (Phi) is 11.3. The first-order valence-corrected chi connectivity index (χ1v) is 19.1. The fourth-order valence-corrected chi connectivity index (χ4v) is 13.5. The molecule has 0 aliphatic carbocycles. The summed E-state index contributed by atoms with van der Waals surface area (Å²) in [5, 5.41) is 6.18. The molecular weight excluding hydrogens is 584 g/mol. The van der Waals surface area contributed by atoms with Gasteiger partial charge in [-0.2, -0.15) is 0 Å². The van der Waals surface area contributed by atoms with Gasteiger partial charge in [0.2, 0.25) is 0 Å². The lowest BCUT2D eigenvalue weighted by Gasteiger charge is -2.41. The summed E-state index contributed by atoms with van der Waals surface area (Å²) in [4.78, 5) is 0. The predicted octanol–water partition coefficient (Wildman–Crippen LogP) is 6.84. The van der Waals surface area contributed by atoms with Gasteiger partial charge in [0.1, 0.15) is 0 Å². The van der Waals surface area contributed by atoms with E-state index < -0.39 is 24.9 Å². The highest BCUT2D eigenvalue weighted by Gasteiger charge is 2.43. The molecule has 0 heterocycles. The standard InChI is InChI=1S/C36H39NO3P2Si/c1-4-38-43(39-5-2,40-6-3)36-29-27-31(28-30-36)37(41(32-19-11-7-12-20-32)33-21-13-8-14-22-33)42(34-23-15-9-16-24-34)35-25-17-10-18-26-35/h7-30H,4-6H2,1-3H3. The van der Waals surface area contributed by atoms with Crippen LogP contribution >= 0.6 is 16.1 Å². The van der Waals surface area contributed by atoms with Gasteiger partial charge in [0.25, 0.3) is 0 Å². The van der Waals surface area contributed by atoms with Crippen LogP contribution in [-0.2, 0) is 13.3 Å². The third kappa shape index (κ3) is 7.33. The molecular formula is C36H39NO3P2Si. The maximum absolute atomic E-state index is 6.26. The van der Waals surface area contributed by atoms with Crippen LogP contribution in [0.4, 0.5) is 5.69 Å². The third-order valence-corrected chi connectivity index (χ3v) is 15.3. The van der Waals surface area contributed by atoms with E-state index in [4.69, 9.17) is 13.3 Å². The van der Waals surface area contributed by atoms with E-state index in [1.165, 1.54) is 21.2 Å². The van der Waals surface area contributed by atoms with Crippen LogP contribution < -0.4 is 30.8 Å². The van der Waals surface area contributed by atoms with Crippen molar-refractivity contribution in [2.45, 2.75) is 20.8 Å². The van der Waals surface area contributed by atoms with Crippen LogP contribution in [0.15, 0.2) is 146 Å². The number of nitrogens with zero attached hydrogens (tertiary/aromatic N) is 1. The second-order valence-electron chi connectivity index (χ2n) is 9.66. The molecule has 220 valence electrons. The lowest BCUT2D eigenvalue weighted by Crippen LogP contribution is -2.56. The minimum atomic E-state index is -3.05. The van der Waals surface area contributed by atoms with Gasteiger partial charge in [-0.3, -0.25) is 0 Å². The summed E-state index contributed by atoms with van der Waals surface area (Å²) in [6, 6.07) is 52.5. The van der Waals surface area contributed by atoms with Crippen molar-refractivity contribution >= 4 is 57.0 Å². The molecule has 43 heavy (non-hydrogen) atoms. The first-order valence-electron chi connectivity index (χ1n) is 14.8.